The summed E-state index contributed by atoms with van der Waals surface area (Å²) in [6.45, 7) is 7.55. The highest BCUT2D eigenvalue weighted by atomic mass is 32.2. The summed E-state index contributed by atoms with van der Waals surface area (Å²) in [7, 11) is -3.79. The lowest BCUT2D eigenvalue weighted by molar-refractivity contribution is 0.0696. The van der Waals surface area contributed by atoms with Crippen LogP contribution >= 0.6 is 0 Å². The van der Waals surface area contributed by atoms with Crippen LogP contribution in [0.3, 0.4) is 0 Å². The third kappa shape index (κ3) is 4.71. The van der Waals surface area contributed by atoms with Crippen LogP contribution in [0.25, 0.3) is 0 Å². The summed E-state index contributed by atoms with van der Waals surface area (Å²) in [5, 5.41) is 12.2. The molecule has 0 spiro atoms. The lowest BCUT2D eigenvalue weighted by atomic mass is 10.2. The van der Waals surface area contributed by atoms with Gasteiger partial charge >= 0.3 is 5.97 Å². The molecule has 124 valence electrons. The summed E-state index contributed by atoms with van der Waals surface area (Å²) < 4.78 is 27.6. The summed E-state index contributed by atoms with van der Waals surface area (Å²) in [5.74, 6) is -1.16. The second-order valence-corrected chi connectivity index (χ2v) is 7.08. The molecule has 0 aliphatic heterocycles. The van der Waals surface area contributed by atoms with Gasteiger partial charge in [0.15, 0.2) is 0 Å². The van der Waals surface area contributed by atoms with E-state index < -0.39 is 16.0 Å². The Morgan fingerprint density at radius 2 is 1.77 bits per heavy atom. The zero-order chi connectivity index (χ0) is 16.9. The van der Waals surface area contributed by atoms with Crippen molar-refractivity contribution < 1.29 is 18.3 Å². The van der Waals surface area contributed by atoms with Crippen molar-refractivity contribution in [1.29, 1.82) is 0 Å². The normalized spacial score (nSPS) is 14.4. The molecule has 7 heteroatoms. The van der Waals surface area contributed by atoms with Crippen molar-refractivity contribution in [3.8, 4) is 0 Å². The smallest absolute Gasteiger partial charge is 0.335 e. The van der Waals surface area contributed by atoms with Crippen molar-refractivity contribution in [2.75, 3.05) is 5.32 Å². The Hall–Kier alpha value is -1.60. The molecule has 0 heterocycles. The molecule has 0 fully saturated rings. The van der Waals surface area contributed by atoms with Crippen molar-refractivity contribution in [2.24, 2.45) is 0 Å². The van der Waals surface area contributed by atoms with Crippen LogP contribution in [0.15, 0.2) is 23.1 Å². The van der Waals surface area contributed by atoms with Crippen LogP contribution in [0.5, 0.6) is 0 Å². The Bertz CT molecular complexity index is 628. The van der Waals surface area contributed by atoms with Crippen LogP contribution in [0.2, 0.25) is 0 Å². The number of benzene rings is 1. The molecule has 0 amide bonds. The molecule has 0 radical (unpaired) electrons. The predicted octanol–water partition coefficient (Wildman–Crippen LogP) is 2.67. The molecule has 1 aromatic carbocycles. The summed E-state index contributed by atoms with van der Waals surface area (Å²) in [6, 6.07) is 3.94. The first-order chi connectivity index (χ1) is 10.2. The fourth-order valence-electron chi connectivity index (χ4n) is 1.78. The van der Waals surface area contributed by atoms with E-state index in [1.54, 1.807) is 6.92 Å². The van der Waals surface area contributed by atoms with Crippen LogP contribution in [-0.4, -0.2) is 31.6 Å². The molecule has 0 saturated carbocycles. The summed E-state index contributed by atoms with van der Waals surface area (Å²) >= 11 is 0. The quantitative estimate of drug-likeness (QED) is 0.682. The van der Waals surface area contributed by atoms with E-state index in [9.17, 15) is 13.2 Å². The molecule has 0 unspecified atom stereocenters. The highest BCUT2D eigenvalue weighted by Crippen LogP contribution is 2.24. The Morgan fingerprint density at radius 3 is 2.27 bits per heavy atom. The maximum Gasteiger partial charge on any atom is 0.335 e. The zero-order valence-corrected chi connectivity index (χ0v) is 14.2. The topological polar surface area (TPSA) is 95.5 Å². The van der Waals surface area contributed by atoms with E-state index >= 15 is 0 Å². The van der Waals surface area contributed by atoms with E-state index in [4.69, 9.17) is 5.11 Å². The highest BCUT2D eigenvalue weighted by Gasteiger charge is 2.22. The van der Waals surface area contributed by atoms with Gasteiger partial charge in [0.1, 0.15) is 4.90 Å². The van der Waals surface area contributed by atoms with Gasteiger partial charge in [0.25, 0.3) is 0 Å². The van der Waals surface area contributed by atoms with Gasteiger partial charge in [-0.2, -0.15) is 0 Å². The molecule has 2 atom stereocenters. The van der Waals surface area contributed by atoms with E-state index in [0.717, 1.165) is 6.42 Å². The molecular formula is C15H24N2O4S. The van der Waals surface area contributed by atoms with Crippen LogP contribution in [0, 0.1) is 0 Å². The summed E-state index contributed by atoms with van der Waals surface area (Å²) in [4.78, 5) is 11.1. The third-order valence-corrected chi connectivity index (χ3v) is 5.13. The predicted molar refractivity (Wildman–Crippen MR) is 86.9 cm³/mol. The number of rotatable bonds is 8. The molecule has 0 aromatic heterocycles. The first-order valence-electron chi connectivity index (χ1n) is 7.37. The summed E-state index contributed by atoms with van der Waals surface area (Å²) in [5.41, 5.74) is 0.356. The molecule has 0 aliphatic carbocycles. The number of sulfonamides is 1. The van der Waals surface area contributed by atoms with Crippen molar-refractivity contribution in [3.05, 3.63) is 23.8 Å². The Morgan fingerprint density at radius 1 is 1.18 bits per heavy atom. The van der Waals surface area contributed by atoms with Crippen LogP contribution in [0.4, 0.5) is 5.69 Å². The molecule has 22 heavy (non-hydrogen) atoms. The Labute approximate surface area is 132 Å². The fourth-order valence-corrected chi connectivity index (χ4v) is 3.30. The molecule has 0 bridgehead atoms. The van der Waals surface area contributed by atoms with Gasteiger partial charge in [0, 0.05) is 12.1 Å². The third-order valence-electron chi connectivity index (χ3n) is 3.50. The van der Waals surface area contributed by atoms with Gasteiger partial charge in [0.05, 0.1) is 11.3 Å². The van der Waals surface area contributed by atoms with E-state index in [-0.39, 0.29) is 22.5 Å². The Kier molecular flexibility index (Phi) is 6.37. The number of aromatic carboxylic acids is 1. The second-order valence-electron chi connectivity index (χ2n) is 5.40. The molecule has 1 rings (SSSR count). The van der Waals surface area contributed by atoms with Gasteiger partial charge in [0.2, 0.25) is 10.0 Å². The SMILES string of the molecule is CC[C@@H](C)Nc1ccc(C(=O)O)cc1S(=O)(=O)N[C@H](C)CC. The average Bonchev–Trinajstić information content (AvgIpc) is 2.46. The minimum absolute atomic E-state index is 0.0343. The van der Waals surface area contributed by atoms with E-state index in [1.165, 1.54) is 18.2 Å². The van der Waals surface area contributed by atoms with E-state index in [0.29, 0.717) is 12.1 Å². The highest BCUT2D eigenvalue weighted by molar-refractivity contribution is 7.89. The van der Waals surface area contributed by atoms with Crippen LogP contribution in [0.1, 0.15) is 50.9 Å². The van der Waals surface area contributed by atoms with Gasteiger partial charge in [-0.25, -0.2) is 17.9 Å². The van der Waals surface area contributed by atoms with Gasteiger partial charge in [-0.3, -0.25) is 0 Å². The van der Waals surface area contributed by atoms with Gasteiger partial charge in [-0.15, -0.1) is 0 Å². The number of carboxylic acids is 1. The molecule has 3 N–H and O–H groups in total. The van der Waals surface area contributed by atoms with E-state index in [1.807, 2.05) is 20.8 Å². The van der Waals surface area contributed by atoms with Gasteiger partial charge in [-0.05, 0) is 44.9 Å². The van der Waals surface area contributed by atoms with Crippen molar-refractivity contribution in [1.82, 2.24) is 4.72 Å². The van der Waals surface area contributed by atoms with Crippen LogP contribution in [-0.2, 0) is 10.0 Å². The molecule has 1 aromatic rings. The zero-order valence-electron chi connectivity index (χ0n) is 13.4. The minimum Gasteiger partial charge on any atom is -0.478 e. The number of anilines is 1. The maximum atomic E-state index is 12.5. The van der Waals surface area contributed by atoms with Gasteiger partial charge < -0.3 is 10.4 Å². The minimum atomic E-state index is -3.79. The fraction of sp³-hybridized carbons (Fsp3) is 0.533. The van der Waals surface area contributed by atoms with Gasteiger partial charge in [-0.1, -0.05) is 13.8 Å². The lowest BCUT2D eigenvalue weighted by Crippen LogP contribution is -2.33. The molecule has 0 saturated heterocycles. The van der Waals surface area contributed by atoms with Crippen molar-refractivity contribution >= 4 is 21.7 Å². The standard InChI is InChI=1S/C15H24N2O4S/c1-5-10(3)16-13-8-7-12(15(18)19)9-14(13)22(20,21)17-11(4)6-2/h7-11,16-17H,5-6H2,1-4H3,(H,18,19)/t10-,11-/m1/s1. The van der Waals surface area contributed by atoms with E-state index in [2.05, 4.69) is 10.0 Å². The van der Waals surface area contributed by atoms with Crippen molar-refractivity contribution in [3.63, 3.8) is 0 Å². The number of carboxylic acid groups (broad SMARTS) is 1. The molecule has 0 aliphatic rings. The number of carbonyl (C=O) groups is 1. The monoisotopic (exact) mass is 328 g/mol. The Balaban J connectivity index is 3.33. The first-order valence-corrected chi connectivity index (χ1v) is 8.85. The largest absolute Gasteiger partial charge is 0.478 e. The first kappa shape index (κ1) is 18.4. The van der Waals surface area contributed by atoms with Crippen molar-refractivity contribution in [2.45, 2.75) is 57.5 Å². The number of hydrogen-bond donors (Lipinski definition) is 3. The molecular weight excluding hydrogens is 304 g/mol. The second kappa shape index (κ2) is 7.60. The number of hydrogen-bond acceptors (Lipinski definition) is 4. The lowest BCUT2D eigenvalue weighted by Gasteiger charge is -2.19. The maximum absolute atomic E-state index is 12.5. The number of nitrogens with one attached hydrogen (secondary N) is 2. The van der Waals surface area contributed by atoms with Crippen LogP contribution < -0.4 is 10.0 Å². The average molecular weight is 328 g/mol. The summed E-state index contributed by atoms with van der Waals surface area (Å²) in [6.07, 6.45) is 1.46. The molecule has 6 nitrogen and oxygen atoms in total.